The highest BCUT2D eigenvalue weighted by atomic mass is 16.6. The summed E-state index contributed by atoms with van der Waals surface area (Å²) in [7, 11) is 0. The second kappa shape index (κ2) is 28.3. The maximum absolute atomic E-state index is 12.8. The van der Waals surface area contributed by atoms with Gasteiger partial charge >= 0.3 is 0 Å². The van der Waals surface area contributed by atoms with Crippen LogP contribution in [-0.2, 0) is 33.2 Å². The number of aliphatic hydroxyl groups excluding tert-OH is 2. The van der Waals surface area contributed by atoms with Gasteiger partial charge in [0.05, 0.1) is 89.5 Å². The average Bonchev–Trinajstić information content (AvgIpc) is 3.31. The quantitative estimate of drug-likeness (QED) is 0.0496. The van der Waals surface area contributed by atoms with Gasteiger partial charge in [-0.2, -0.15) is 0 Å². The summed E-state index contributed by atoms with van der Waals surface area (Å²) < 4.78 is 54.0. The molecule has 0 bridgehead atoms. The molecule has 13 heteroatoms. The van der Waals surface area contributed by atoms with Crippen molar-refractivity contribution in [2.45, 2.75) is 90.4 Å². The van der Waals surface area contributed by atoms with Crippen LogP contribution in [0.5, 0.6) is 11.5 Å². The van der Waals surface area contributed by atoms with Crippen molar-refractivity contribution in [3.63, 3.8) is 0 Å². The second-order valence-electron chi connectivity index (χ2n) is 15.7. The molecule has 0 aliphatic heterocycles. The largest absolute Gasteiger partial charge is 0.491 e. The lowest BCUT2D eigenvalue weighted by atomic mass is 10.0. The van der Waals surface area contributed by atoms with Gasteiger partial charge in [-0.15, -0.1) is 0 Å². The number of rotatable bonds is 32. The summed E-state index contributed by atoms with van der Waals surface area (Å²) in [5.74, 6) is 1.04. The van der Waals surface area contributed by atoms with Crippen LogP contribution in [0.3, 0.4) is 0 Å². The lowest BCUT2D eigenvalue weighted by Crippen LogP contribution is -2.34. The summed E-state index contributed by atoms with van der Waals surface area (Å²) >= 11 is 0. The van der Waals surface area contributed by atoms with E-state index >= 15 is 0 Å². The van der Waals surface area contributed by atoms with E-state index in [1.807, 2.05) is 64.1 Å². The van der Waals surface area contributed by atoms with Gasteiger partial charge in [0, 0.05) is 22.3 Å². The highest BCUT2D eigenvalue weighted by molar-refractivity contribution is 6.09. The van der Waals surface area contributed by atoms with Crippen LogP contribution in [0, 0.1) is 0 Å². The number of hydrogen-bond acceptors (Lipinski definition) is 13. The number of carbonyl (C=O) groups excluding carboxylic acids is 2. The summed E-state index contributed by atoms with van der Waals surface area (Å²) in [4.78, 5) is 25.6. The van der Waals surface area contributed by atoms with Gasteiger partial charge in [0.1, 0.15) is 36.9 Å². The Hall–Kier alpha value is -4.54. The highest BCUT2D eigenvalue weighted by Crippen LogP contribution is 2.18. The Balaban J connectivity index is 1.19. The summed E-state index contributed by atoms with van der Waals surface area (Å²) in [6, 6.07) is 32.2. The van der Waals surface area contributed by atoms with E-state index < -0.39 is 18.3 Å². The number of benzene rings is 4. The van der Waals surface area contributed by atoms with Gasteiger partial charge in [0.2, 0.25) is 0 Å². The first-order valence-corrected chi connectivity index (χ1v) is 21.6. The first-order valence-electron chi connectivity index (χ1n) is 21.6. The smallest absolute Gasteiger partial charge is 0.193 e. The number of ketones is 2. The predicted octanol–water partition coefficient (Wildman–Crippen LogP) is 6.78. The molecule has 0 aromatic heterocycles. The van der Waals surface area contributed by atoms with Crippen molar-refractivity contribution < 1.29 is 62.4 Å². The van der Waals surface area contributed by atoms with Gasteiger partial charge in [-0.25, -0.2) is 0 Å². The minimum absolute atomic E-state index is 0.0648. The molecule has 0 amide bonds. The van der Waals surface area contributed by atoms with Crippen molar-refractivity contribution in [2.75, 3.05) is 66.1 Å². The first kappa shape index (κ1) is 51.1. The minimum Gasteiger partial charge on any atom is -0.491 e. The van der Waals surface area contributed by atoms with Crippen LogP contribution in [-0.4, -0.2) is 137 Å². The number of carbonyl (C=O) groups is 2. The summed E-state index contributed by atoms with van der Waals surface area (Å²) in [5, 5.41) is 19.1. The van der Waals surface area contributed by atoms with E-state index in [0.717, 1.165) is 0 Å². The molecule has 0 aliphatic rings. The van der Waals surface area contributed by atoms with Crippen molar-refractivity contribution in [3.8, 4) is 11.5 Å². The van der Waals surface area contributed by atoms with Crippen molar-refractivity contribution in [1.29, 1.82) is 0 Å². The van der Waals surface area contributed by atoms with Gasteiger partial charge in [0.15, 0.2) is 11.6 Å². The molecule has 0 fully saturated rings. The van der Waals surface area contributed by atoms with Crippen LogP contribution in [0.2, 0.25) is 0 Å². The van der Waals surface area contributed by atoms with Crippen LogP contribution in [0.15, 0.2) is 109 Å². The first-order chi connectivity index (χ1) is 30.4. The number of hydrogen-bond donors (Lipinski definition) is 2. The van der Waals surface area contributed by atoms with Gasteiger partial charge in [0.25, 0.3) is 0 Å². The molecule has 2 N–H and O–H groups in total. The van der Waals surface area contributed by atoms with E-state index in [0.29, 0.717) is 47.0 Å². The zero-order valence-corrected chi connectivity index (χ0v) is 37.5. The fourth-order valence-corrected chi connectivity index (χ4v) is 5.82. The maximum atomic E-state index is 12.8. The number of ether oxygens (including phenoxy) is 9. The molecular formula is C50H66O13. The van der Waals surface area contributed by atoms with Crippen molar-refractivity contribution in [3.05, 3.63) is 131 Å². The molecule has 344 valence electrons. The molecular weight excluding hydrogens is 809 g/mol. The molecule has 4 aromatic carbocycles. The standard InChI is InChI=1S/C50H66O13/c1-35(52)26-55-39(5)29-60-48(34-63-46-23-19-44(20-24-46)50(54)42-15-11-8-12-16-42)32-59-38(4)28-56-37(3)27-57-40(6)30-61-47(31-58-36(2)25-51)33-62-45-21-17-43(18-22-45)49(53)41-13-9-7-10-14-41/h7-24,35-40,47-48,51-52H,25-34H2,1-6H3. The lowest BCUT2D eigenvalue weighted by molar-refractivity contribution is -0.118. The summed E-state index contributed by atoms with van der Waals surface area (Å²) in [6.07, 6.45) is -2.87. The predicted molar refractivity (Wildman–Crippen MR) is 239 cm³/mol. The van der Waals surface area contributed by atoms with Crippen LogP contribution >= 0.6 is 0 Å². The van der Waals surface area contributed by atoms with E-state index in [9.17, 15) is 19.8 Å². The van der Waals surface area contributed by atoms with E-state index in [1.54, 1.807) is 86.6 Å². The van der Waals surface area contributed by atoms with Crippen LogP contribution in [0.1, 0.15) is 73.4 Å². The molecule has 4 rings (SSSR count). The van der Waals surface area contributed by atoms with E-state index in [-0.39, 0.29) is 94.9 Å². The highest BCUT2D eigenvalue weighted by Gasteiger charge is 2.19. The molecule has 63 heavy (non-hydrogen) atoms. The Kier molecular flexibility index (Phi) is 22.9. The summed E-state index contributed by atoms with van der Waals surface area (Å²) in [5.41, 5.74) is 2.36. The van der Waals surface area contributed by atoms with Crippen LogP contribution in [0.25, 0.3) is 0 Å². The van der Waals surface area contributed by atoms with E-state index in [4.69, 9.17) is 42.6 Å². The van der Waals surface area contributed by atoms with Gasteiger partial charge < -0.3 is 52.8 Å². The fraction of sp³-hybridized carbons (Fsp3) is 0.480. The third-order valence-electron chi connectivity index (χ3n) is 9.55. The third-order valence-corrected chi connectivity index (χ3v) is 9.55. The Morgan fingerprint density at radius 1 is 0.397 bits per heavy atom. The average molecular weight is 875 g/mol. The Bertz CT molecular complexity index is 1840. The topological polar surface area (TPSA) is 158 Å². The van der Waals surface area contributed by atoms with E-state index in [1.165, 1.54) is 0 Å². The van der Waals surface area contributed by atoms with Crippen molar-refractivity contribution >= 4 is 11.6 Å². The second-order valence-corrected chi connectivity index (χ2v) is 15.7. The minimum atomic E-state index is -0.585. The SMILES string of the molecule is CC(O)COC(C)COC(COc1ccc(C(=O)c2ccccc2)cc1)COC(C)COC(C)COC(C)COC(COc1ccc(C(=O)c2ccccc2)cc1)COC(C)CO. The molecule has 0 spiro atoms. The van der Waals surface area contributed by atoms with Crippen LogP contribution < -0.4 is 9.47 Å². The summed E-state index contributed by atoms with van der Waals surface area (Å²) in [6.45, 7) is 13.1. The molecule has 0 saturated carbocycles. The van der Waals surface area contributed by atoms with Crippen molar-refractivity contribution in [1.82, 2.24) is 0 Å². The molecule has 0 heterocycles. The zero-order chi connectivity index (χ0) is 45.4. The van der Waals surface area contributed by atoms with E-state index in [2.05, 4.69) is 0 Å². The molecule has 0 radical (unpaired) electrons. The molecule has 8 atom stereocenters. The number of aliphatic hydroxyl groups is 2. The molecule has 4 aromatic rings. The zero-order valence-electron chi connectivity index (χ0n) is 37.5. The molecule has 0 aliphatic carbocycles. The normalized spacial score (nSPS) is 15.4. The lowest BCUT2D eigenvalue weighted by Gasteiger charge is -2.25. The van der Waals surface area contributed by atoms with Gasteiger partial charge in [-0.3, -0.25) is 9.59 Å². The van der Waals surface area contributed by atoms with Gasteiger partial charge in [-0.05, 0) is 90.1 Å². The van der Waals surface area contributed by atoms with Gasteiger partial charge in [-0.1, -0.05) is 60.7 Å². The fourth-order valence-electron chi connectivity index (χ4n) is 5.82. The Morgan fingerprint density at radius 3 is 1.08 bits per heavy atom. The Labute approximate surface area is 372 Å². The van der Waals surface area contributed by atoms with Crippen LogP contribution in [0.4, 0.5) is 0 Å². The van der Waals surface area contributed by atoms with Crippen molar-refractivity contribution in [2.24, 2.45) is 0 Å². The molecule has 8 unspecified atom stereocenters. The monoisotopic (exact) mass is 874 g/mol. The maximum Gasteiger partial charge on any atom is 0.193 e. The third kappa shape index (κ3) is 19.8. The molecule has 13 nitrogen and oxygen atoms in total. The molecule has 0 saturated heterocycles. The Morgan fingerprint density at radius 2 is 0.714 bits per heavy atom.